The molecule has 0 fully saturated rings. The molecule has 1 N–H and O–H groups in total. The quantitative estimate of drug-likeness (QED) is 0.148. The monoisotopic (exact) mass is 535 g/mol. The molecule has 7 nitrogen and oxygen atoms in total. The number of hydrazone groups is 1. The molecule has 0 saturated heterocycles. The summed E-state index contributed by atoms with van der Waals surface area (Å²) in [7, 11) is 0. The second-order valence-corrected chi connectivity index (χ2v) is 6.88. The first-order chi connectivity index (χ1) is 14.2. The number of anilines is 1. The van der Waals surface area contributed by atoms with Crippen molar-refractivity contribution in [1.29, 1.82) is 0 Å². The summed E-state index contributed by atoms with van der Waals surface area (Å²) in [5.41, 5.74) is 0.984. The summed E-state index contributed by atoms with van der Waals surface area (Å²) < 4.78 is 50.3. The maximum absolute atomic E-state index is 12.8. The number of nitro benzene ring substituents is 1. The molecule has 0 spiro atoms. The van der Waals surface area contributed by atoms with E-state index < -0.39 is 22.4 Å². The van der Waals surface area contributed by atoms with E-state index in [9.17, 15) is 23.3 Å². The second-order valence-electron chi connectivity index (χ2n) is 5.72. The topological polar surface area (TPSA) is 86.0 Å². The molecule has 0 saturated carbocycles. The Bertz CT molecular complexity index is 965. The minimum Gasteiger partial charge on any atom is -0.490 e. The van der Waals surface area contributed by atoms with E-state index >= 15 is 0 Å². The van der Waals surface area contributed by atoms with Gasteiger partial charge in [-0.15, -0.1) is 0 Å². The van der Waals surface area contributed by atoms with Crippen LogP contribution in [0.4, 0.5) is 24.5 Å². The van der Waals surface area contributed by atoms with Crippen molar-refractivity contribution in [3.8, 4) is 11.5 Å². The van der Waals surface area contributed by atoms with Crippen molar-refractivity contribution in [2.75, 3.05) is 18.6 Å². The minimum atomic E-state index is -4.69. The largest absolute Gasteiger partial charge is 0.490 e. The van der Waals surface area contributed by atoms with Crippen LogP contribution in [0.1, 0.15) is 18.1 Å². The Hall–Kier alpha value is -2.83. The number of rotatable bonds is 9. The van der Waals surface area contributed by atoms with Crippen molar-refractivity contribution in [2.24, 2.45) is 5.10 Å². The lowest BCUT2D eigenvalue weighted by Crippen LogP contribution is -2.06. The molecule has 0 heterocycles. The number of nitro groups is 1. The van der Waals surface area contributed by atoms with E-state index in [2.05, 4.69) is 39.7 Å². The van der Waals surface area contributed by atoms with Gasteiger partial charge in [0.25, 0.3) is 5.69 Å². The first-order valence-corrected chi connectivity index (χ1v) is 9.60. The zero-order chi connectivity index (χ0) is 22.3. The van der Waals surface area contributed by atoms with E-state index in [1.807, 2.05) is 6.92 Å². The standard InChI is InChI=1S/C19H17F3IN3O4/c1-3-7-30-18-14(23)8-12(9-17(18)29-4-2)11-24-25-15-6-5-13(19(20,21)22)10-16(15)26(27)28/h3,5-6,8-11,25H,1,4,7H2,2H3/b24-11-. The Morgan fingerprint density at radius 1 is 1.30 bits per heavy atom. The number of nitrogens with zero attached hydrogens (tertiary/aromatic N) is 2. The molecule has 2 aromatic carbocycles. The number of hydrogen-bond donors (Lipinski definition) is 1. The molecule has 0 aliphatic rings. The van der Waals surface area contributed by atoms with Crippen LogP contribution in [-0.4, -0.2) is 24.4 Å². The fraction of sp³-hybridized carbons (Fsp3) is 0.211. The van der Waals surface area contributed by atoms with Gasteiger partial charge in [-0.25, -0.2) is 0 Å². The van der Waals surface area contributed by atoms with Gasteiger partial charge in [0.2, 0.25) is 0 Å². The number of benzene rings is 2. The summed E-state index contributed by atoms with van der Waals surface area (Å²) in [6, 6.07) is 5.57. The van der Waals surface area contributed by atoms with Crippen LogP contribution < -0.4 is 14.9 Å². The van der Waals surface area contributed by atoms with Crippen LogP contribution in [0.15, 0.2) is 48.1 Å². The van der Waals surface area contributed by atoms with Gasteiger partial charge in [0.15, 0.2) is 11.5 Å². The normalized spacial score (nSPS) is 11.4. The molecule has 0 atom stereocenters. The average molecular weight is 535 g/mol. The molecule has 0 amide bonds. The SMILES string of the molecule is C=CCOc1c(I)cc(/C=N\Nc2ccc(C(F)(F)F)cc2[N+](=O)[O-])cc1OCC. The molecule has 2 aromatic rings. The highest BCUT2D eigenvalue weighted by molar-refractivity contribution is 14.1. The summed E-state index contributed by atoms with van der Waals surface area (Å²) in [5.74, 6) is 1.02. The van der Waals surface area contributed by atoms with E-state index in [1.165, 1.54) is 6.21 Å². The van der Waals surface area contributed by atoms with Gasteiger partial charge in [-0.05, 0) is 59.3 Å². The van der Waals surface area contributed by atoms with E-state index in [0.29, 0.717) is 36.3 Å². The molecule has 0 unspecified atom stereocenters. The van der Waals surface area contributed by atoms with Crippen LogP contribution >= 0.6 is 22.6 Å². The molecule has 0 aliphatic heterocycles. The van der Waals surface area contributed by atoms with Crippen molar-refractivity contribution >= 4 is 40.2 Å². The number of alkyl halides is 3. The van der Waals surface area contributed by atoms with Gasteiger partial charge in [-0.1, -0.05) is 12.7 Å². The third-order valence-electron chi connectivity index (χ3n) is 3.60. The fourth-order valence-electron chi connectivity index (χ4n) is 2.34. The predicted octanol–water partition coefficient (Wildman–Crippen LogP) is 5.63. The Morgan fingerprint density at radius 2 is 2.03 bits per heavy atom. The molecular weight excluding hydrogens is 518 g/mol. The number of halogens is 4. The first-order valence-electron chi connectivity index (χ1n) is 8.52. The van der Waals surface area contributed by atoms with Gasteiger partial charge >= 0.3 is 6.18 Å². The first kappa shape index (κ1) is 23.4. The van der Waals surface area contributed by atoms with Crippen LogP contribution in [0.5, 0.6) is 11.5 Å². The third-order valence-corrected chi connectivity index (χ3v) is 4.40. The molecular formula is C19H17F3IN3O4. The summed E-state index contributed by atoms with van der Waals surface area (Å²) in [6.07, 6.45) is -1.72. The van der Waals surface area contributed by atoms with Crippen molar-refractivity contribution < 1.29 is 27.6 Å². The van der Waals surface area contributed by atoms with Crippen molar-refractivity contribution in [3.05, 3.63) is 67.8 Å². The van der Waals surface area contributed by atoms with Crippen LogP contribution in [-0.2, 0) is 6.18 Å². The van der Waals surface area contributed by atoms with Gasteiger partial charge < -0.3 is 9.47 Å². The lowest BCUT2D eigenvalue weighted by Gasteiger charge is -2.13. The Kier molecular flexibility index (Phi) is 8.03. The fourth-order valence-corrected chi connectivity index (χ4v) is 3.12. The van der Waals surface area contributed by atoms with Crippen LogP contribution in [0.25, 0.3) is 0 Å². The third kappa shape index (κ3) is 6.08. The molecule has 0 aromatic heterocycles. The lowest BCUT2D eigenvalue weighted by molar-refractivity contribution is -0.384. The van der Waals surface area contributed by atoms with Crippen molar-refractivity contribution in [3.63, 3.8) is 0 Å². The van der Waals surface area contributed by atoms with E-state index in [0.717, 1.165) is 15.7 Å². The van der Waals surface area contributed by atoms with Crippen molar-refractivity contribution in [1.82, 2.24) is 0 Å². The van der Waals surface area contributed by atoms with Crippen molar-refractivity contribution in [2.45, 2.75) is 13.1 Å². The average Bonchev–Trinajstić information content (AvgIpc) is 2.67. The molecule has 2 rings (SSSR count). The number of nitrogens with one attached hydrogen (secondary N) is 1. The highest BCUT2D eigenvalue weighted by Gasteiger charge is 2.33. The lowest BCUT2D eigenvalue weighted by atomic mass is 10.1. The summed E-state index contributed by atoms with van der Waals surface area (Å²) >= 11 is 2.06. The van der Waals surface area contributed by atoms with E-state index in [4.69, 9.17) is 9.47 Å². The summed E-state index contributed by atoms with van der Waals surface area (Å²) in [5, 5.41) is 15.0. The maximum atomic E-state index is 12.8. The van der Waals surface area contributed by atoms with Crippen LogP contribution in [0, 0.1) is 13.7 Å². The highest BCUT2D eigenvalue weighted by Crippen LogP contribution is 2.35. The maximum Gasteiger partial charge on any atom is 0.416 e. The Labute approximate surface area is 183 Å². The van der Waals surface area contributed by atoms with Crippen LogP contribution in [0.3, 0.4) is 0 Å². The molecule has 30 heavy (non-hydrogen) atoms. The van der Waals surface area contributed by atoms with Gasteiger partial charge in [0.1, 0.15) is 12.3 Å². The predicted molar refractivity (Wildman–Crippen MR) is 115 cm³/mol. The molecule has 0 radical (unpaired) electrons. The summed E-state index contributed by atoms with van der Waals surface area (Å²) in [4.78, 5) is 10.2. The van der Waals surface area contributed by atoms with Crippen LogP contribution in [0.2, 0.25) is 0 Å². The molecule has 11 heteroatoms. The molecule has 160 valence electrons. The van der Waals surface area contributed by atoms with E-state index in [1.54, 1.807) is 18.2 Å². The number of hydrogen-bond acceptors (Lipinski definition) is 6. The molecule has 0 aliphatic carbocycles. The molecule has 0 bridgehead atoms. The Morgan fingerprint density at radius 3 is 2.63 bits per heavy atom. The summed E-state index contributed by atoms with van der Waals surface area (Å²) in [6.45, 7) is 6.11. The second kappa shape index (κ2) is 10.3. The smallest absolute Gasteiger partial charge is 0.416 e. The van der Waals surface area contributed by atoms with E-state index in [-0.39, 0.29) is 5.69 Å². The number of ether oxygens (including phenoxy) is 2. The van der Waals surface area contributed by atoms with Gasteiger partial charge in [0.05, 0.1) is 26.9 Å². The zero-order valence-electron chi connectivity index (χ0n) is 15.7. The zero-order valence-corrected chi connectivity index (χ0v) is 17.9. The minimum absolute atomic E-state index is 0.171. The Balaban J connectivity index is 2.28. The van der Waals surface area contributed by atoms with Gasteiger partial charge in [0, 0.05) is 6.07 Å². The van der Waals surface area contributed by atoms with Gasteiger partial charge in [-0.2, -0.15) is 18.3 Å². The van der Waals surface area contributed by atoms with Gasteiger partial charge in [-0.3, -0.25) is 15.5 Å². The highest BCUT2D eigenvalue weighted by atomic mass is 127.